The van der Waals surface area contributed by atoms with Crippen LogP contribution in [0.1, 0.15) is 29.9 Å². The Morgan fingerprint density at radius 3 is 2.57 bits per heavy atom. The van der Waals surface area contributed by atoms with E-state index < -0.39 is 0 Å². The molecule has 0 atom stereocenters. The zero-order valence-electron chi connectivity index (χ0n) is 11.9. The Morgan fingerprint density at radius 2 is 1.95 bits per heavy atom. The van der Waals surface area contributed by atoms with Crippen molar-refractivity contribution in [2.24, 2.45) is 0 Å². The zero-order valence-corrected chi connectivity index (χ0v) is 11.9. The van der Waals surface area contributed by atoms with E-state index >= 15 is 0 Å². The van der Waals surface area contributed by atoms with Gasteiger partial charge in [-0.3, -0.25) is 4.79 Å². The molecule has 1 amide bonds. The number of carbonyl (C=O) groups excluding carboxylic acids is 1. The molecule has 1 aromatic carbocycles. The first-order valence-corrected chi connectivity index (χ1v) is 6.68. The Morgan fingerprint density at radius 1 is 1.19 bits per heavy atom. The van der Waals surface area contributed by atoms with Crippen LogP contribution in [0, 0.1) is 5.82 Å². The number of hydrogen-bond acceptors (Lipinski definition) is 4. The number of nitrogens with zero attached hydrogens (tertiary/aromatic N) is 2. The second-order valence-corrected chi connectivity index (χ2v) is 4.88. The van der Waals surface area contributed by atoms with Crippen LogP contribution in [0.4, 0.5) is 10.2 Å². The lowest BCUT2D eigenvalue weighted by molar-refractivity contribution is 0.0944. The summed E-state index contributed by atoms with van der Waals surface area (Å²) in [5, 5.41) is 13.5. The van der Waals surface area contributed by atoms with Crippen LogP contribution >= 0.6 is 0 Å². The van der Waals surface area contributed by atoms with Crippen molar-refractivity contribution in [1.82, 2.24) is 15.5 Å². The maximum Gasteiger partial charge on any atom is 0.272 e. The van der Waals surface area contributed by atoms with Gasteiger partial charge in [0.15, 0.2) is 5.69 Å². The van der Waals surface area contributed by atoms with Gasteiger partial charge in [0.05, 0.1) is 0 Å². The van der Waals surface area contributed by atoms with E-state index in [1.165, 1.54) is 6.07 Å². The molecule has 1 heterocycles. The highest BCUT2D eigenvalue weighted by atomic mass is 19.1. The second-order valence-electron chi connectivity index (χ2n) is 4.88. The van der Waals surface area contributed by atoms with Crippen molar-refractivity contribution in [2.45, 2.75) is 26.4 Å². The summed E-state index contributed by atoms with van der Waals surface area (Å²) in [6.45, 7) is 4.08. The van der Waals surface area contributed by atoms with Gasteiger partial charge in [-0.25, -0.2) is 4.39 Å². The largest absolute Gasteiger partial charge is 0.366 e. The molecule has 0 aliphatic rings. The van der Waals surface area contributed by atoms with Gasteiger partial charge in [0, 0.05) is 18.2 Å². The number of carbonyl (C=O) groups is 1. The fourth-order valence-corrected chi connectivity index (χ4v) is 1.73. The molecular formula is C15H17FN4O. The number of amides is 1. The summed E-state index contributed by atoms with van der Waals surface area (Å²) in [6, 6.07) is 9.80. The molecule has 21 heavy (non-hydrogen) atoms. The van der Waals surface area contributed by atoms with Crippen LogP contribution in [0.5, 0.6) is 0 Å². The predicted molar refractivity (Wildman–Crippen MR) is 78.4 cm³/mol. The van der Waals surface area contributed by atoms with Crippen LogP contribution in [0.25, 0.3) is 0 Å². The number of halogens is 1. The monoisotopic (exact) mass is 288 g/mol. The smallest absolute Gasteiger partial charge is 0.272 e. The topological polar surface area (TPSA) is 66.9 Å². The minimum Gasteiger partial charge on any atom is -0.366 e. The molecule has 0 saturated heterocycles. The van der Waals surface area contributed by atoms with Gasteiger partial charge in [0.1, 0.15) is 11.6 Å². The lowest BCUT2D eigenvalue weighted by Gasteiger charge is -2.08. The second kappa shape index (κ2) is 6.78. The summed E-state index contributed by atoms with van der Waals surface area (Å²) >= 11 is 0. The Labute approximate surface area is 122 Å². The van der Waals surface area contributed by atoms with Crippen molar-refractivity contribution < 1.29 is 9.18 Å². The molecule has 0 aliphatic heterocycles. The average molecular weight is 288 g/mol. The normalized spacial score (nSPS) is 10.5. The fraction of sp³-hybridized carbons (Fsp3) is 0.267. The summed E-state index contributed by atoms with van der Waals surface area (Å²) in [7, 11) is 0. The van der Waals surface area contributed by atoms with Gasteiger partial charge in [-0.05, 0) is 32.0 Å². The van der Waals surface area contributed by atoms with E-state index in [1.807, 2.05) is 13.8 Å². The number of hydrogen-bond donors (Lipinski definition) is 2. The van der Waals surface area contributed by atoms with Gasteiger partial charge >= 0.3 is 0 Å². The molecule has 2 N–H and O–H groups in total. The highest BCUT2D eigenvalue weighted by molar-refractivity contribution is 5.92. The molecule has 110 valence electrons. The molecule has 0 aliphatic carbocycles. The fourth-order valence-electron chi connectivity index (χ4n) is 1.73. The van der Waals surface area contributed by atoms with Gasteiger partial charge in [0.2, 0.25) is 0 Å². The molecule has 0 spiro atoms. The van der Waals surface area contributed by atoms with Crippen LogP contribution in [0.3, 0.4) is 0 Å². The van der Waals surface area contributed by atoms with E-state index in [0.717, 1.165) is 0 Å². The third-order valence-electron chi connectivity index (χ3n) is 2.73. The van der Waals surface area contributed by atoms with Crippen LogP contribution in [0.15, 0.2) is 36.4 Å². The minimum absolute atomic E-state index is 0.110. The minimum atomic E-state index is -0.387. The Hall–Kier alpha value is -2.50. The third kappa shape index (κ3) is 4.24. The summed E-state index contributed by atoms with van der Waals surface area (Å²) in [4.78, 5) is 11.9. The molecule has 0 bridgehead atoms. The number of aromatic nitrogens is 2. The molecule has 1 aromatic heterocycles. The van der Waals surface area contributed by atoms with Crippen LogP contribution in [-0.2, 0) is 6.54 Å². The van der Waals surface area contributed by atoms with Crippen molar-refractivity contribution in [2.75, 3.05) is 5.32 Å². The Balaban J connectivity index is 1.96. The lowest BCUT2D eigenvalue weighted by atomic mass is 10.2. The third-order valence-corrected chi connectivity index (χ3v) is 2.73. The van der Waals surface area contributed by atoms with Crippen LogP contribution < -0.4 is 10.6 Å². The first-order valence-electron chi connectivity index (χ1n) is 6.68. The number of nitrogens with one attached hydrogen (secondary N) is 2. The van der Waals surface area contributed by atoms with E-state index in [-0.39, 0.29) is 30.0 Å². The maximum atomic E-state index is 13.4. The number of benzene rings is 1. The van der Waals surface area contributed by atoms with E-state index in [4.69, 9.17) is 0 Å². The molecule has 0 saturated carbocycles. The van der Waals surface area contributed by atoms with Crippen molar-refractivity contribution in [3.8, 4) is 0 Å². The Kier molecular flexibility index (Phi) is 4.81. The Bertz CT molecular complexity index is 613. The van der Waals surface area contributed by atoms with Crippen LogP contribution in [0.2, 0.25) is 0 Å². The summed E-state index contributed by atoms with van der Waals surface area (Å²) < 4.78 is 13.4. The lowest BCUT2D eigenvalue weighted by Crippen LogP contribution is -2.24. The number of rotatable bonds is 5. The van der Waals surface area contributed by atoms with E-state index in [1.54, 1.807) is 30.3 Å². The summed E-state index contributed by atoms with van der Waals surface area (Å²) in [5.74, 6) is -0.127. The summed E-state index contributed by atoms with van der Waals surface area (Å²) in [6.07, 6.45) is 0. The van der Waals surface area contributed by atoms with Crippen LogP contribution in [-0.4, -0.2) is 22.1 Å². The first kappa shape index (κ1) is 14.9. The molecule has 5 nitrogen and oxygen atoms in total. The average Bonchev–Trinajstić information content (AvgIpc) is 2.46. The molecule has 0 unspecified atom stereocenters. The molecule has 6 heteroatoms. The first-order chi connectivity index (χ1) is 10.1. The van der Waals surface area contributed by atoms with Gasteiger partial charge in [-0.2, -0.15) is 0 Å². The molecule has 0 fully saturated rings. The molecular weight excluding hydrogens is 271 g/mol. The van der Waals surface area contributed by atoms with Gasteiger partial charge < -0.3 is 10.6 Å². The van der Waals surface area contributed by atoms with Crippen molar-refractivity contribution in [3.05, 3.63) is 53.5 Å². The van der Waals surface area contributed by atoms with Gasteiger partial charge in [-0.15, -0.1) is 10.2 Å². The summed E-state index contributed by atoms with van der Waals surface area (Å²) in [5.41, 5.74) is 0.623. The van der Waals surface area contributed by atoms with Gasteiger partial charge in [-0.1, -0.05) is 18.2 Å². The quantitative estimate of drug-likeness (QED) is 0.886. The van der Waals surface area contributed by atoms with Crippen molar-refractivity contribution in [1.29, 1.82) is 0 Å². The number of anilines is 1. The van der Waals surface area contributed by atoms with E-state index in [2.05, 4.69) is 20.8 Å². The van der Waals surface area contributed by atoms with Gasteiger partial charge in [0.25, 0.3) is 5.91 Å². The van der Waals surface area contributed by atoms with E-state index in [9.17, 15) is 9.18 Å². The standard InChI is InChI=1S/C15H17FN4O/c1-10(2)18-14-8-7-13(19-20-14)15(21)17-9-11-5-3-4-6-12(11)16/h3-8,10H,9H2,1-2H3,(H,17,21)(H,18,20). The molecule has 2 aromatic rings. The van der Waals surface area contributed by atoms with Crippen molar-refractivity contribution >= 4 is 11.7 Å². The highest BCUT2D eigenvalue weighted by Gasteiger charge is 2.09. The van der Waals surface area contributed by atoms with E-state index in [0.29, 0.717) is 11.4 Å². The molecule has 0 radical (unpaired) electrons. The SMILES string of the molecule is CC(C)Nc1ccc(C(=O)NCc2ccccc2F)nn1. The van der Waals surface area contributed by atoms with Crippen molar-refractivity contribution in [3.63, 3.8) is 0 Å². The predicted octanol–water partition coefficient (Wildman–Crippen LogP) is 2.37. The zero-order chi connectivity index (χ0) is 15.2. The maximum absolute atomic E-state index is 13.4. The molecule has 2 rings (SSSR count). The highest BCUT2D eigenvalue weighted by Crippen LogP contribution is 2.07.